The van der Waals surface area contributed by atoms with Crippen molar-refractivity contribution in [1.29, 1.82) is 0 Å². The van der Waals surface area contributed by atoms with Gasteiger partial charge in [0.1, 0.15) is 5.75 Å². The van der Waals surface area contributed by atoms with Crippen LogP contribution in [0.1, 0.15) is 58.1 Å². The van der Waals surface area contributed by atoms with Crippen molar-refractivity contribution in [3.8, 4) is 5.75 Å². The summed E-state index contributed by atoms with van der Waals surface area (Å²) in [5.74, 6) is 0.309. The molecule has 0 unspecified atom stereocenters. The third kappa shape index (κ3) is 6.13. The smallest absolute Gasteiger partial charge is 0.310 e. The van der Waals surface area contributed by atoms with Gasteiger partial charge in [-0.05, 0) is 56.9 Å². The Labute approximate surface area is 158 Å². The number of carbonyl (C=O) groups is 2. The molecule has 0 bridgehead atoms. The molecule has 1 aromatic carbocycles. The number of amides is 1. The van der Waals surface area contributed by atoms with E-state index in [4.69, 9.17) is 4.74 Å². The number of nitrogens with zero attached hydrogens (tertiary/aromatic N) is 1. The molecule has 1 aromatic rings. The van der Waals surface area contributed by atoms with Gasteiger partial charge in [0.2, 0.25) is 0 Å². The highest BCUT2D eigenvalue weighted by Gasteiger charge is 2.27. The van der Waals surface area contributed by atoms with Crippen LogP contribution in [-0.2, 0) is 9.59 Å². The normalized spacial score (nSPS) is 11.3. The zero-order valence-electron chi connectivity index (χ0n) is 17.3. The maximum absolute atomic E-state index is 12.7. The molecule has 0 saturated heterocycles. The molecule has 0 radical (unpaired) electrons. The minimum Gasteiger partial charge on any atom is -0.427 e. The predicted molar refractivity (Wildman–Crippen MR) is 106 cm³/mol. The molecule has 0 saturated carbocycles. The van der Waals surface area contributed by atoms with Crippen molar-refractivity contribution in [2.24, 2.45) is 0 Å². The van der Waals surface area contributed by atoms with Crippen LogP contribution >= 0.6 is 0 Å². The highest BCUT2D eigenvalue weighted by Crippen LogP contribution is 2.27. The second-order valence-corrected chi connectivity index (χ2v) is 7.07. The first-order chi connectivity index (χ1) is 12.3. The molecule has 0 heterocycles. The second kappa shape index (κ2) is 10.3. The van der Waals surface area contributed by atoms with Crippen molar-refractivity contribution >= 4 is 17.6 Å². The lowest BCUT2D eigenvalue weighted by molar-refractivity contribution is -0.919. The van der Waals surface area contributed by atoms with Crippen LogP contribution in [0.5, 0.6) is 5.75 Å². The summed E-state index contributed by atoms with van der Waals surface area (Å²) in [6.45, 7) is 15.6. The maximum atomic E-state index is 12.7. The van der Waals surface area contributed by atoms with Gasteiger partial charge in [0, 0.05) is 12.1 Å². The molecule has 1 amide bonds. The Balaban J connectivity index is 2.93. The van der Waals surface area contributed by atoms with Crippen LogP contribution in [0, 0.1) is 13.8 Å². The van der Waals surface area contributed by atoms with Gasteiger partial charge < -0.3 is 14.5 Å². The largest absolute Gasteiger partial charge is 0.427 e. The van der Waals surface area contributed by atoms with Crippen LogP contribution in [-0.4, -0.2) is 42.5 Å². The summed E-state index contributed by atoms with van der Waals surface area (Å²) in [7, 11) is 0. The number of quaternary nitrogens is 1. The van der Waals surface area contributed by atoms with E-state index in [1.807, 2.05) is 13.8 Å². The molecule has 0 fully saturated rings. The Kier molecular flexibility index (Phi) is 8.79. The monoisotopic (exact) mass is 363 g/mol. The van der Waals surface area contributed by atoms with E-state index in [0.29, 0.717) is 18.7 Å². The van der Waals surface area contributed by atoms with Crippen LogP contribution in [0.25, 0.3) is 0 Å². The summed E-state index contributed by atoms with van der Waals surface area (Å²) in [6, 6.07) is 3.60. The molecule has 5 nitrogen and oxygen atoms in total. The van der Waals surface area contributed by atoms with Crippen molar-refractivity contribution in [3.63, 3.8) is 0 Å². The van der Waals surface area contributed by atoms with Gasteiger partial charge in [0.15, 0.2) is 6.54 Å². The first kappa shape index (κ1) is 22.2. The third-order valence-corrected chi connectivity index (χ3v) is 4.84. The standard InChI is InChI=1S/C21H34N2O3/c1-7-11-23(10-4,12-8-2)15-19(24)22-21-16(5)13-18(14-17(21)6)26-20(25)9-3/h13-14H,7-12,15H2,1-6H3/p+1. The Hall–Kier alpha value is -1.88. The topological polar surface area (TPSA) is 55.4 Å². The van der Waals surface area contributed by atoms with Gasteiger partial charge in [-0.3, -0.25) is 9.59 Å². The van der Waals surface area contributed by atoms with Gasteiger partial charge in [-0.25, -0.2) is 0 Å². The van der Waals surface area contributed by atoms with Gasteiger partial charge in [0.05, 0.1) is 19.6 Å². The first-order valence-electron chi connectivity index (χ1n) is 9.77. The van der Waals surface area contributed by atoms with Crippen LogP contribution in [0.3, 0.4) is 0 Å². The summed E-state index contributed by atoms with van der Waals surface area (Å²) < 4.78 is 6.11. The molecule has 1 rings (SSSR count). The van der Waals surface area contributed by atoms with E-state index >= 15 is 0 Å². The van der Waals surface area contributed by atoms with Gasteiger partial charge in [-0.1, -0.05) is 20.8 Å². The van der Waals surface area contributed by atoms with Crippen molar-refractivity contribution in [2.75, 3.05) is 31.5 Å². The van der Waals surface area contributed by atoms with Crippen LogP contribution in [0.15, 0.2) is 12.1 Å². The number of hydrogen-bond donors (Lipinski definition) is 1. The quantitative estimate of drug-likeness (QED) is 0.385. The van der Waals surface area contributed by atoms with E-state index < -0.39 is 0 Å². The molecule has 5 heteroatoms. The molecular weight excluding hydrogens is 328 g/mol. The molecule has 26 heavy (non-hydrogen) atoms. The highest BCUT2D eigenvalue weighted by molar-refractivity contribution is 5.93. The number of nitrogens with one attached hydrogen (secondary N) is 1. The number of rotatable bonds is 10. The molecule has 146 valence electrons. The number of anilines is 1. The van der Waals surface area contributed by atoms with E-state index in [2.05, 4.69) is 26.1 Å². The average Bonchev–Trinajstić information content (AvgIpc) is 2.58. The number of esters is 1. The number of hydrogen-bond acceptors (Lipinski definition) is 3. The third-order valence-electron chi connectivity index (χ3n) is 4.84. The molecule has 0 atom stereocenters. The average molecular weight is 364 g/mol. The van der Waals surface area contributed by atoms with Crippen molar-refractivity contribution in [2.45, 2.75) is 60.8 Å². The molecule has 0 aliphatic carbocycles. The predicted octanol–water partition coefficient (Wildman–Crippen LogP) is 4.21. The van der Waals surface area contributed by atoms with Gasteiger partial charge >= 0.3 is 5.97 Å². The molecule has 0 aliphatic heterocycles. The number of benzene rings is 1. The van der Waals surface area contributed by atoms with E-state index in [1.165, 1.54) is 0 Å². The fourth-order valence-electron chi connectivity index (χ4n) is 3.51. The fraction of sp³-hybridized carbons (Fsp3) is 0.619. The van der Waals surface area contributed by atoms with E-state index in [9.17, 15) is 9.59 Å². The number of ether oxygens (including phenoxy) is 1. The highest BCUT2D eigenvalue weighted by atomic mass is 16.5. The lowest BCUT2D eigenvalue weighted by atomic mass is 10.1. The SMILES string of the molecule is CCC[N+](CC)(CCC)CC(=O)Nc1c(C)cc(OC(=O)CC)cc1C. The van der Waals surface area contributed by atoms with E-state index in [1.54, 1.807) is 19.1 Å². The Morgan fingerprint density at radius 3 is 1.96 bits per heavy atom. The van der Waals surface area contributed by atoms with Gasteiger partial charge in [-0.2, -0.15) is 0 Å². The lowest BCUT2D eigenvalue weighted by Gasteiger charge is -2.37. The Bertz CT molecular complexity index is 597. The molecule has 0 aromatic heterocycles. The first-order valence-corrected chi connectivity index (χ1v) is 9.77. The summed E-state index contributed by atoms with van der Waals surface area (Å²) in [5, 5.41) is 3.08. The van der Waals surface area contributed by atoms with Crippen molar-refractivity contribution in [3.05, 3.63) is 23.3 Å². The van der Waals surface area contributed by atoms with Crippen LogP contribution in [0.4, 0.5) is 5.69 Å². The van der Waals surface area contributed by atoms with Crippen molar-refractivity contribution in [1.82, 2.24) is 0 Å². The van der Waals surface area contributed by atoms with Crippen LogP contribution in [0.2, 0.25) is 0 Å². The second-order valence-electron chi connectivity index (χ2n) is 7.07. The Morgan fingerprint density at radius 1 is 1.00 bits per heavy atom. The minimum absolute atomic E-state index is 0.0400. The lowest BCUT2D eigenvalue weighted by Crippen LogP contribution is -2.53. The summed E-state index contributed by atoms with van der Waals surface area (Å²) in [6.07, 6.45) is 2.47. The molecule has 0 aliphatic rings. The zero-order chi connectivity index (χ0) is 19.7. The molecular formula is C21H35N2O3+. The molecule has 0 spiro atoms. The number of carbonyl (C=O) groups excluding carboxylic acids is 2. The van der Waals surface area contributed by atoms with Gasteiger partial charge in [0.25, 0.3) is 5.91 Å². The summed E-state index contributed by atoms with van der Waals surface area (Å²) in [5.41, 5.74) is 2.61. The minimum atomic E-state index is -0.259. The number of aryl methyl sites for hydroxylation is 2. The Morgan fingerprint density at radius 2 is 1.54 bits per heavy atom. The summed E-state index contributed by atoms with van der Waals surface area (Å²) >= 11 is 0. The number of likely N-dealkylation sites (N-methyl/N-ethyl adjacent to an activating group) is 1. The van der Waals surface area contributed by atoms with E-state index in [-0.39, 0.29) is 11.9 Å². The summed E-state index contributed by atoms with van der Waals surface area (Å²) in [4.78, 5) is 24.2. The van der Waals surface area contributed by atoms with Gasteiger partial charge in [-0.15, -0.1) is 0 Å². The maximum Gasteiger partial charge on any atom is 0.310 e. The zero-order valence-corrected chi connectivity index (χ0v) is 17.3. The molecule has 1 N–H and O–H groups in total. The van der Waals surface area contributed by atoms with Crippen LogP contribution < -0.4 is 10.1 Å². The van der Waals surface area contributed by atoms with E-state index in [0.717, 1.165) is 53.8 Å². The van der Waals surface area contributed by atoms with Crippen molar-refractivity contribution < 1.29 is 18.8 Å². The fourth-order valence-corrected chi connectivity index (χ4v) is 3.51.